The van der Waals surface area contributed by atoms with E-state index < -0.39 is 0 Å². The predicted octanol–water partition coefficient (Wildman–Crippen LogP) is 5.21. The number of aromatic nitrogens is 1. The second-order valence-corrected chi connectivity index (χ2v) is 7.73. The number of esters is 1. The summed E-state index contributed by atoms with van der Waals surface area (Å²) in [7, 11) is 0. The number of carbonyl (C=O) groups is 1. The Kier molecular flexibility index (Phi) is 6.33. The van der Waals surface area contributed by atoms with Gasteiger partial charge < -0.3 is 10.5 Å². The van der Waals surface area contributed by atoms with Crippen LogP contribution in [-0.2, 0) is 16.0 Å². The number of ether oxygens (including phenoxy) is 1. The molecule has 1 saturated carbocycles. The molecule has 1 atom stereocenters. The normalized spacial score (nSPS) is 22.8. The maximum Gasteiger partial charge on any atom is 0.303 e. The van der Waals surface area contributed by atoms with Crippen LogP contribution in [0.3, 0.4) is 0 Å². The highest BCUT2D eigenvalue weighted by Crippen LogP contribution is 2.42. The first-order valence-electron chi connectivity index (χ1n) is 10.1. The van der Waals surface area contributed by atoms with Crippen molar-refractivity contribution in [1.82, 2.24) is 4.98 Å². The van der Waals surface area contributed by atoms with Crippen LogP contribution in [0.1, 0.15) is 106 Å². The number of fused-ring (bicyclic) bond motifs is 1. The number of pyridine rings is 1. The van der Waals surface area contributed by atoms with E-state index in [-0.39, 0.29) is 12.1 Å². The number of hydrogen-bond donors (Lipinski definition) is 1. The Hall–Kier alpha value is -1.58. The summed E-state index contributed by atoms with van der Waals surface area (Å²) >= 11 is 0. The van der Waals surface area contributed by atoms with Crippen LogP contribution in [0.25, 0.3) is 0 Å². The van der Waals surface area contributed by atoms with Gasteiger partial charge in [0, 0.05) is 6.92 Å². The Morgan fingerprint density at radius 1 is 1.04 bits per heavy atom. The van der Waals surface area contributed by atoms with Gasteiger partial charge in [0.15, 0.2) is 0 Å². The van der Waals surface area contributed by atoms with E-state index in [9.17, 15) is 4.79 Å². The predicted molar refractivity (Wildman–Crippen MR) is 100 cm³/mol. The quantitative estimate of drug-likeness (QED) is 0.748. The SMILES string of the molecule is CC(=O)OC1CCc2c1ncc(N)c2C1CCCCCCCCCC1. The summed E-state index contributed by atoms with van der Waals surface area (Å²) < 4.78 is 5.48. The molecule has 0 aliphatic heterocycles. The molecule has 1 aromatic rings. The maximum atomic E-state index is 11.4. The first-order valence-corrected chi connectivity index (χ1v) is 10.1. The number of hydrogen-bond acceptors (Lipinski definition) is 4. The summed E-state index contributed by atoms with van der Waals surface area (Å²) in [4.78, 5) is 15.9. The molecule has 0 bridgehead atoms. The number of nitrogen functional groups attached to an aromatic ring is 1. The van der Waals surface area contributed by atoms with Gasteiger partial charge in [-0.3, -0.25) is 9.78 Å². The van der Waals surface area contributed by atoms with Crippen molar-refractivity contribution >= 4 is 11.7 Å². The topological polar surface area (TPSA) is 65.2 Å². The van der Waals surface area contributed by atoms with Crippen LogP contribution in [0, 0.1) is 0 Å². The third kappa shape index (κ3) is 4.53. The first-order chi connectivity index (χ1) is 12.2. The van der Waals surface area contributed by atoms with Gasteiger partial charge in [0.1, 0.15) is 6.10 Å². The summed E-state index contributed by atoms with van der Waals surface area (Å²) in [6.07, 6.45) is 16.6. The van der Waals surface area contributed by atoms with Crippen LogP contribution < -0.4 is 5.73 Å². The Bertz CT molecular complexity index is 588. The lowest BCUT2D eigenvalue weighted by Crippen LogP contribution is -2.11. The van der Waals surface area contributed by atoms with E-state index in [1.165, 1.54) is 82.3 Å². The highest BCUT2D eigenvalue weighted by Gasteiger charge is 2.31. The maximum absolute atomic E-state index is 11.4. The number of carbonyl (C=O) groups excluding carboxylic acids is 1. The van der Waals surface area contributed by atoms with Crippen LogP contribution in [0.2, 0.25) is 0 Å². The fraction of sp³-hybridized carbons (Fsp3) is 0.714. The lowest BCUT2D eigenvalue weighted by molar-refractivity contribution is -0.146. The second-order valence-electron chi connectivity index (χ2n) is 7.73. The largest absolute Gasteiger partial charge is 0.456 e. The fourth-order valence-electron chi connectivity index (χ4n) is 4.62. The van der Waals surface area contributed by atoms with Gasteiger partial charge in [0.25, 0.3) is 0 Å². The van der Waals surface area contributed by atoms with Gasteiger partial charge in [-0.2, -0.15) is 0 Å². The van der Waals surface area contributed by atoms with E-state index in [0.717, 1.165) is 24.2 Å². The monoisotopic (exact) mass is 344 g/mol. The zero-order valence-corrected chi connectivity index (χ0v) is 15.6. The molecule has 1 unspecified atom stereocenters. The molecule has 0 spiro atoms. The van der Waals surface area contributed by atoms with Crippen molar-refractivity contribution in [1.29, 1.82) is 0 Å². The molecule has 0 radical (unpaired) electrons. The van der Waals surface area contributed by atoms with Crippen molar-refractivity contribution in [3.63, 3.8) is 0 Å². The molecule has 0 amide bonds. The van der Waals surface area contributed by atoms with Crippen molar-refractivity contribution in [2.45, 2.75) is 96.0 Å². The smallest absolute Gasteiger partial charge is 0.303 e. The van der Waals surface area contributed by atoms with E-state index in [0.29, 0.717) is 5.92 Å². The van der Waals surface area contributed by atoms with Gasteiger partial charge in [0.05, 0.1) is 17.6 Å². The summed E-state index contributed by atoms with van der Waals surface area (Å²) in [6.45, 7) is 1.47. The summed E-state index contributed by atoms with van der Waals surface area (Å²) in [5, 5.41) is 0. The third-order valence-electron chi connectivity index (χ3n) is 5.82. The van der Waals surface area contributed by atoms with Crippen LogP contribution in [0.15, 0.2) is 6.20 Å². The molecule has 25 heavy (non-hydrogen) atoms. The number of anilines is 1. The molecule has 2 aliphatic carbocycles. The van der Waals surface area contributed by atoms with E-state index in [2.05, 4.69) is 4.98 Å². The van der Waals surface area contributed by atoms with Crippen LogP contribution in [0.4, 0.5) is 5.69 Å². The number of nitrogens with two attached hydrogens (primary N) is 1. The minimum absolute atomic E-state index is 0.186. The highest BCUT2D eigenvalue weighted by molar-refractivity contribution is 5.66. The van der Waals surface area contributed by atoms with Gasteiger partial charge in [-0.25, -0.2) is 0 Å². The zero-order valence-electron chi connectivity index (χ0n) is 15.6. The van der Waals surface area contributed by atoms with E-state index in [4.69, 9.17) is 10.5 Å². The Balaban J connectivity index is 1.84. The second kappa shape index (κ2) is 8.68. The van der Waals surface area contributed by atoms with E-state index in [1.807, 2.05) is 0 Å². The molecule has 2 N–H and O–H groups in total. The van der Waals surface area contributed by atoms with Crippen LogP contribution in [-0.4, -0.2) is 11.0 Å². The molecule has 1 aromatic heterocycles. The Labute approximate surface area is 151 Å². The Morgan fingerprint density at radius 3 is 2.24 bits per heavy atom. The van der Waals surface area contributed by atoms with Crippen molar-refractivity contribution in [3.05, 3.63) is 23.0 Å². The fourth-order valence-corrected chi connectivity index (χ4v) is 4.62. The van der Waals surface area contributed by atoms with Crippen molar-refractivity contribution in [2.24, 2.45) is 0 Å². The molecule has 138 valence electrons. The minimum Gasteiger partial charge on any atom is -0.456 e. The molecule has 1 fully saturated rings. The van der Waals surface area contributed by atoms with E-state index >= 15 is 0 Å². The lowest BCUT2D eigenvalue weighted by atomic mass is 9.85. The molecular formula is C21H32N2O2. The number of rotatable bonds is 2. The molecule has 3 rings (SSSR count). The number of nitrogens with zero attached hydrogens (tertiary/aromatic N) is 1. The third-order valence-corrected chi connectivity index (χ3v) is 5.82. The summed E-state index contributed by atoms with van der Waals surface area (Å²) in [5.74, 6) is 0.305. The molecule has 4 nitrogen and oxygen atoms in total. The van der Waals surface area contributed by atoms with Crippen molar-refractivity contribution in [2.75, 3.05) is 5.73 Å². The summed E-state index contributed by atoms with van der Waals surface area (Å²) in [5.41, 5.74) is 10.8. The van der Waals surface area contributed by atoms with Crippen LogP contribution >= 0.6 is 0 Å². The lowest BCUT2D eigenvalue weighted by Gasteiger charge is -2.22. The van der Waals surface area contributed by atoms with Gasteiger partial charge in [0.2, 0.25) is 0 Å². The molecule has 1 heterocycles. The average Bonchev–Trinajstić information content (AvgIpc) is 2.93. The standard InChI is InChI=1S/C21H32N2O2/c1-15(24)25-19-13-12-17-20(18(22)14-23-21(17)19)16-10-8-6-4-2-3-5-7-9-11-16/h14,16,19H,2-13,22H2,1H3. The molecular weight excluding hydrogens is 312 g/mol. The van der Waals surface area contributed by atoms with Gasteiger partial charge in [-0.1, -0.05) is 51.4 Å². The zero-order chi connectivity index (χ0) is 17.6. The van der Waals surface area contributed by atoms with Crippen molar-refractivity contribution in [3.8, 4) is 0 Å². The summed E-state index contributed by atoms with van der Waals surface area (Å²) in [6, 6.07) is 0. The van der Waals surface area contributed by atoms with Gasteiger partial charge in [-0.05, 0) is 42.7 Å². The molecule has 2 aliphatic rings. The average molecular weight is 344 g/mol. The van der Waals surface area contributed by atoms with Crippen LogP contribution in [0.5, 0.6) is 0 Å². The first kappa shape index (κ1) is 18.2. The van der Waals surface area contributed by atoms with Gasteiger partial charge in [-0.15, -0.1) is 0 Å². The van der Waals surface area contributed by atoms with Gasteiger partial charge >= 0.3 is 5.97 Å². The minimum atomic E-state index is -0.229. The Morgan fingerprint density at radius 2 is 1.64 bits per heavy atom. The van der Waals surface area contributed by atoms with Crippen molar-refractivity contribution < 1.29 is 9.53 Å². The highest BCUT2D eigenvalue weighted by atomic mass is 16.5. The van der Waals surface area contributed by atoms with E-state index in [1.54, 1.807) is 6.20 Å². The molecule has 4 heteroatoms. The molecule has 0 aromatic carbocycles. The molecule has 0 saturated heterocycles.